The Morgan fingerprint density at radius 3 is 1.53 bits per heavy atom. The fraction of sp³-hybridized carbons (Fsp3) is 0.333. The third-order valence-corrected chi connectivity index (χ3v) is 7.91. The first-order valence-corrected chi connectivity index (χ1v) is 16.7. The van der Waals surface area contributed by atoms with Gasteiger partial charge in [-0.3, -0.25) is 58.5 Å². The zero-order chi connectivity index (χ0) is 38.2. The Morgan fingerprint density at radius 1 is 0.528 bits per heavy atom. The number of aliphatic carboxylic acids is 4. The predicted molar refractivity (Wildman–Crippen MR) is 192 cm³/mol. The average Bonchev–Trinajstić information content (AvgIpc) is 3.09. The zero-order valence-corrected chi connectivity index (χ0v) is 29.0. The summed E-state index contributed by atoms with van der Waals surface area (Å²) in [6.07, 6.45) is 3.52. The van der Waals surface area contributed by atoms with E-state index in [1.54, 1.807) is 30.6 Å². The highest BCUT2D eigenvalue weighted by atomic mass is 16.4. The van der Waals surface area contributed by atoms with Gasteiger partial charge in [0.25, 0.3) is 0 Å². The van der Waals surface area contributed by atoms with E-state index in [-0.39, 0.29) is 32.7 Å². The standard InChI is InChI=1S/C36H42N8O9/c45-32(21-42(23-34(48)49)15-13-41(22-33(46)47)14-16-43(24-35(50)51)25-36(52)53)40-27-9-10-31-26(17-27)7-8-30(39-31)20-44(18-28-5-1-3-11-37-28)19-29-6-2-4-12-38-29/h1-12,17H,13-16,18-25H2,(H,40,45)(H,46,47)(H,48,49)(H,50,51)(H,52,53). The van der Waals surface area contributed by atoms with Gasteiger partial charge in [0.2, 0.25) is 5.91 Å². The molecule has 280 valence electrons. The summed E-state index contributed by atoms with van der Waals surface area (Å²) < 4.78 is 0. The van der Waals surface area contributed by atoms with E-state index in [2.05, 4.69) is 20.2 Å². The molecule has 0 spiro atoms. The van der Waals surface area contributed by atoms with Gasteiger partial charge in [-0.05, 0) is 48.5 Å². The highest BCUT2D eigenvalue weighted by molar-refractivity contribution is 5.95. The van der Waals surface area contributed by atoms with E-state index in [1.165, 1.54) is 9.80 Å². The van der Waals surface area contributed by atoms with Gasteiger partial charge in [0.15, 0.2) is 0 Å². The van der Waals surface area contributed by atoms with Crippen molar-refractivity contribution in [3.63, 3.8) is 0 Å². The van der Waals surface area contributed by atoms with E-state index in [4.69, 9.17) is 15.2 Å². The molecule has 0 unspecified atom stereocenters. The Bertz CT molecular complexity index is 1790. The molecule has 1 amide bonds. The molecule has 0 aliphatic carbocycles. The fourth-order valence-corrected chi connectivity index (χ4v) is 5.60. The van der Waals surface area contributed by atoms with Gasteiger partial charge in [0.05, 0.1) is 55.3 Å². The van der Waals surface area contributed by atoms with E-state index in [0.29, 0.717) is 30.8 Å². The van der Waals surface area contributed by atoms with Crippen LogP contribution >= 0.6 is 0 Å². The quantitative estimate of drug-likeness (QED) is 0.0726. The highest BCUT2D eigenvalue weighted by Crippen LogP contribution is 2.20. The smallest absolute Gasteiger partial charge is 0.317 e. The summed E-state index contributed by atoms with van der Waals surface area (Å²) in [5.74, 6) is -5.34. The van der Waals surface area contributed by atoms with Crippen molar-refractivity contribution in [2.75, 3.05) is 64.2 Å². The van der Waals surface area contributed by atoms with Crippen molar-refractivity contribution in [3.8, 4) is 0 Å². The number of fused-ring (bicyclic) bond motifs is 1. The van der Waals surface area contributed by atoms with Gasteiger partial charge < -0.3 is 25.7 Å². The molecule has 1 aromatic carbocycles. The molecule has 3 heterocycles. The maximum absolute atomic E-state index is 13.1. The van der Waals surface area contributed by atoms with Crippen LogP contribution in [-0.2, 0) is 43.6 Å². The van der Waals surface area contributed by atoms with E-state index < -0.39 is 56.0 Å². The third kappa shape index (κ3) is 14.7. The summed E-state index contributed by atoms with van der Waals surface area (Å²) in [5.41, 5.74) is 3.86. The lowest BCUT2D eigenvalue weighted by molar-refractivity contribution is -0.143. The molecule has 0 aliphatic rings. The van der Waals surface area contributed by atoms with Crippen LogP contribution in [-0.4, -0.2) is 144 Å². The van der Waals surface area contributed by atoms with Crippen LogP contribution in [0.5, 0.6) is 0 Å². The predicted octanol–water partition coefficient (Wildman–Crippen LogP) is 1.41. The Morgan fingerprint density at radius 2 is 1.02 bits per heavy atom. The number of hydrogen-bond donors (Lipinski definition) is 5. The number of nitrogens with zero attached hydrogens (tertiary/aromatic N) is 7. The highest BCUT2D eigenvalue weighted by Gasteiger charge is 2.20. The van der Waals surface area contributed by atoms with Gasteiger partial charge in [0.1, 0.15) is 0 Å². The van der Waals surface area contributed by atoms with Gasteiger partial charge in [-0.25, -0.2) is 0 Å². The van der Waals surface area contributed by atoms with Gasteiger partial charge in [0, 0.05) is 69.3 Å². The molecule has 0 aliphatic heterocycles. The lowest BCUT2D eigenvalue weighted by atomic mass is 10.1. The Labute approximate surface area is 305 Å². The summed E-state index contributed by atoms with van der Waals surface area (Å²) in [5, 5.41) is 40.6. The molecule has 0 saturated heterocycles. The second-order valence-corrected chi connectivity index (χ2v) is 12.3. The lowest BCUT2D eigenvalue weighted by Gasteiger charge is -2.27. The lowest BCUT2D eigenvalue weighted by Crippen LogP contribution is -2.46. The van der Waals surface area contributed by atoms with Crippen molar-refractivity contribution < 1.29 is 44.4 Å². The summed E-state index contributed by atoms with van der Waals surface area (Å²) in [6, 6.07) is 20.6. The molecular weight excluding hydrogens is 688 g/mol. The SMILES string of the molecule is O=C(O)CN(CCN(CC(=O)O)CC(=O)O)CCN(CC(=O)O)CC(=O)Nc1ccc2nc(CN(Cc3ccccn3)Cc3ccccn3)ccc2c1. The number of rotatable bonds is 23. The van der Waals surface area contributed by atoms with E-state index in [1.807, 2.05) is 48.5 Å². The van der Waals surface area contributed by atoms with Crippen molar-refractivity contribution >= 4 is 46.4 Å². The number of aromatic nitrogens is 3. The number of benzene rings is 1. The van der Waals surface area contributed by atoms with Gasteiger partial charge in [-0.1, -0.05) is 18.2 Å². The number of amides is 1. The first-order valence-electron chi connectivity index (χ1n) is 16.7. The minimum Gasteiger partial charge on any atom is -0.480 e. The summed E-state index contributed by atoms with van der Waals surface area (Å²) in [6.45, 7) is -0.696. The number of nitrogens with one attached hydrogen (secondary N) is 1. The maximum Gasteiger partial charge on any atom is 0.317 e. The van der Waals surface area contributed by atoms with Crippen molar-refractivity contribution in [1.82, 2.24) is 34.6 Å². The monoisotopic (exact) mass is 730 g/mol. The van der Waals surface area contributed by atoms with Crippen LogP contribution in [0.1, 0.15) is 17.1 Å². The first-order chi connectivity index (χ1) is 25.4. The maximum atomic E-state index is 13.1. The molecule has 4 rings (SSSR count). The number of pyridine rings is 3. The molecule has 0 bridgehead atoms. The molecule has 0 fully saturated rings. The van der Waals surface area contributed by atoms with Crippen molar-refractivity contribution in [2.24, 2.45) is 0 Å². The van der Waals surface area contributed by atoms with Gasteiger partial charge >= 0.3 is 23.9 Å². The molecule has 0 radical (unpaired) electrons. The van der Waals surface area contributed by atoms with Crippen LogP contribution in [0.4, 0.5) is 5.69 Å². The number of carbonyl (C=O) groups is 5. The van der Waals surface area contributed by atoms with E-state index in [9.17, 15) is 34.2 Å². The molecular formula is C36H42N8O9. The van der Waals surface area contributed by atoms with Crippen LogP contribution in [0, 0.1) is 0 Å². The van der Waals surface area contributed by atoms with Crippen molar-refractivity contribution in [1.29, 1.82) is 0 Å². The minimum absolute atomic E-state index is 0.000688. The van der Waals surface area contributed by atoms with Crippen LogP contribution in [0.2, 0.25) is 0 Å². The molecule has 0 atom stereocenters. The molecule has 17 nitrogen and oxygen atoms in total. The van der Waals surface area contributed by atoms with E-state index in [0.717, 1.165) is 27.4 Å². The Kier molecular flexibility index (Phi) is 15.2. The molecule has 5 N–H and O–H groups in total. The number of anilines is 1. The molecule has 3 aromatic heterocycles. The third-order valence-electron chi connectivity index (χ3n) is 7.91. The zero-order valence-electron chi connectivity index (χ0n) is 29.0. The summed E-state index contributed by atoms with van der Waals surface area (Å²) in [4.78, 5) is 78.3. The van der Waals surface area contributed by atoms with Crippen LogP contribution in [0.15, 0.2) is 79.1 Å². The summed E-state index contributed by atoms with van der Waals surface area (Å²) >= 11 is 0. The minimum atomic E-state index is -1.24. The second-order valence-electron chi connectivity index (χ2n) is 12.3. The Hall–Kier alpha value is -5.88. The fourth-order valence-electron chi connectivity index (χ4n) is 5.60. The number of carboxylic acids is 4. The Balaban J connectivity index is 1.38. The van der Waals surface area contributed by atoms with Crippen molar-refractivity contribution in [3.05, 3.63) is 96.2 Å². The number of carboxylic acid groups (broad SMARTS) is 4. The molecule has 53 heavy (non-hydrogen) atoms. The first kappa shape index (κ1) is 39.9. The van der Waals surface area contributed by atoms with Gasteiger partial charge in [-0.15, -0.1) is 0 Å². The van der Waals surface area contributed by atoms with Gasteiger partial charge in [-0.2, -0.15) is 0 Å². The molecule has 17 heteroatoms. The van der Waals surface area contributed by atoms with Crippen LogP contribution in [0.3, 0.4) is 0 Å². The normalized spacial score (nSPS) is 11.4. The number of carbonyl (C=O) groups excluding carboxylic acids is 1. The van der Waals surface area contributed by atoms with E-state index >= 15 is 0 Å². The largest absolute Gasteiger partial charge is 0.480 e. The van der Waals surface area contributed by atoms with Crippen LogP contribution in [0.25, 0.3) is 10.9 Å². The average molecular weight is 731 g/mol. The number of hydrogen-bond acceptors (Lipinski definition) is 12. The topological polar surface area (TPSA) is 230 Å². The molecule has 4 aromatic rings. The summed E-state index contributed by atoms with van der Waals surface area (Å²) in [7, 11) is 0. The second kappa shape index (κ2) is 20.2. The molecule has 0 saturated carbocycles. The van der Waals surface area contributed by atoms with Crippen molar-refractivity contribution in [2.45, 2.75) is 19.6 Å². The van der Waals surface area contributed by atoms with Crippen LogP contribution < -0.4 is 5.32 Å².